The van der Waals surface area contributed by atoms with Gasteiger partial charge in [0.25, 0.3) is 0 Å². The van der Waals surface area contributed by atoms with E-state index in [9.17, 15) is 4.79 Å². The molecule has 1 aromatic carbocycles. The summed E-state index contributed by atoms with van der Waals surface area (Å²) in [5.41, 5.74) is 6.30. The molecular weight excluding hydrogens is 426 g/mol. The number of aromatic nitrogens is 3. The first-order valence-corrected chi connectivity index (χ1v) is 12.1. The second kappa shape index (κ2) is 10.8. The number of rotatable bonds is 9. The van der Waals surface area contributed by atoms with Crippen molar-refractivity contribution in [3.05, 3.63) is 71.1 Å². The maximum absolute atomic E-state index is 12.1. The van der Waals surface area contributed by atoms with Gasteiger partial charge in [0.2, 0.25) is 11.8 Å². The molecule has 7 nitrogen and oxygen atoms in total. The molecule has 0 radical (unpaired) electrons. The molecule has 1 fully saturated rings. The molecular formula is C27H35N5O2. The zero-order chi connectivity index (χ0) is 24.1. The third kappa shape index (κ3) is 5.47. The molecule has 1 atom stereocenters. The molecule has 0 saturated carbocycles. The molecule has 1 amide bonds. The molecule has 0 aliphatic carbocycles. The zero-order valence-corrected chi connectivity index (χ0v) is 20.5. The number of piperidine rings is 1. The van der Waals surface area contributed by atoms with Crippen LogP contribution in [0.15, 0.2) is 43.0 Å². The lowest BCUT2D eigenvalue weighted by atomic mass is 9.94. The largest absolute Gasteiger partial charge is 0.481 e. The topological polar surface area (TPSA) is 71.8 Å². The van der Waals surface area contributed by atoms with E-state index >= 15 is 0 Å². The molecule has 7 heteroatoms. The van der Waals surface area contributed by atoms with Gasteiger partial charge in [-0.25, -0.2) is 4.98 Å². The monoisotopic (exact) mass is 461 g/mol. The Kier molecular flexibility index (Phi) is 7.63. The minimum absolute atomic E-state index is 0.0153. The summed E-state index contributed by atoms with van der Waals surface area (Å²) in [5.74, 6) is 1.01. The van der Waals surface area contributed by atoms with E-state index in [1.54, 1.807) is 17.7 Å². The van der Waals surface area contributed by atoms with Crippen LogP contribution in [0.5, 0.6) is 5.88 Å². The van der Waals surface area contributed by atoms with E-state index in [-0.39, 0.29) is 5.91 Å². The number of benzene rings is 1. The predicted octanol–water partition coefficient (Wildman–Crippen LogP) is 3.97. The maximum Gasteiger partial charge on any atom is 0.221 e. The first-order chi connectivity index (χ1) is 16.5. The highest BCUT2D eigenvalue weighted by Gasteiger charge is 2.25. The Morgan fingerprint density at radius 1 is 1.32 bits per heavy atom. The Morgan fingerprint density at radius 2 is 2.18 bits per heavy atom. The van der Waals surface area contributed by atoms with Crippen LogP contribution in [0.1, 0.15) is 53.3 Å². The van der Waals surface area contributed by atoms with Gasteiger partial charge in [-0.2, -0.15) is 9.61 Å². The van der Waals surface area contributed by atoms with Gasteiger partial charge in [0.15, 0.2) is 5.65 Å². The number of carbonyl (C=O) groups excluding carboxylic acids is 1. The van der Waals surface area contributed by atoms with Gasteiger partial charge in [-0.1, -0.05) is 35.9 Å². The maximum atomic E-state index is 12.1. The van der Waals surface area contributed by atoms with E-state index in [0.29, 0.717) is 31.2 Å². The van der Waals surface area contributed by atoms with Crippen molar-refractivity contribution in [2.24, 2.45) is 0 Å². The third-order valence-corrected chi connectivity index (χ3v) is 6.53. The summed E-state index contributed by atoms with van der Waals surface area (Å²) < 4.78 is 7.57. The molecule has 3 heterocycles. The average molecular weight is 462 g/mol. The van der Waals surface area contributed by atoms with Gasteiger partial charge in [-0.15, -0.1) is 6.58 Å². The molecule has 0 bridgehead atoms. The van der Waals surface area contributed by atoms with Crippen molar-refractivity contribution in [3.8, 4) is 5.88 Å². The average Bonchev–Trinajstić information content (AvgIpc) is 3.25. The van der Waals surface area contributed by atoms with Crippen LogP contribution >= 0.6 is 0 Å². The molecule has 2 aromatic heterocycles. The molecule has 1 saturated heterocycles. The van der Waals surface area contributed by atoms with Crippen molar-refractivity contribution in [3.63, 3.8) is 0 Å². The number of likely N-dealkylation sites (tertiary alicyclic amines) is 1. The van der Waals surface area contributed by atoms with Gasteiger partial charge in [0.05, 0.1) is 12.8 Å². The van der Waals surface area contributed by atoms with Gasteiger partial charge in [-0.05, 0) is 45.2 Å². The van der Waals surface area contributed by atoms with E-state index < -0.39 is 0 Å². The molecule has 3 aromatic rings. The van der Waals surface area contributed by atoms with Gasteiger partial charge in [0.1, 0.15) is 0 Å². The first kappa shape index (κ1) is 24.0. The molecule has 34 heavy (non-hydrogen) atoms. The van der Waals surface area contributed by atoms with Crippen LogP contribution in [-0.4, -0.2) is 52.1 Å². The van der Waals surface area contributed by atoms with Gasteiger partial charge >= 0.3 is 0 Å². The summed E-state index contributed by atoms with van der Waals surface area (Å²) >= 11 is 0. The summed E-state index contributed by atoms with van der Waals surface area (Å²) in [4.78, 5) is 19.4. The highest BCUT2D eigenvalue weighted by Crippen LogP contribution is 2.30. The number of nitrogens with one attached hydrogen (secondary N) is 1. The normalized spacial score (nSPS) is 16.5. The van der Waals surface area contributed by atoms with Crippen molar-refractivity contribution >= 4 is 11.6 Å². The zero-order valence-electron chi connectivity index (χ0n) is 20.5. The van der Waals surface area contributed by atoms with Crippen LogP contribution in [0.3, 0.4) is 0 Å². The molecule has 1 N–H and O–H groups in total. The standard InChI is InChI=1S/C27H35N5O2/c1-5-13-28-26(33)12-11-23-20(3)29-25-16-24(30-32(25)27(23)34-4)22-10-7-14-31(18-22)17-21-9-6-8-19(2)15-21/h5-6,8-9,15-16,22H,1,7,10-14,17-18H2,2-4H3,(H,28,33)/t22-/m1/s1. The lowest BCUT2D eigenvalue weighted by Gasteiger charge is -2.32. The summed E-state index contributed by atoms with van der Waals surface area (Å²) in [6, 6.07) is 10.8. The molecule has 1 aliphatic heterocycles. The number of nitrogens with zero attached hydrogens (tertiary/aromatic N) is 4. The number of hydrogen-bond donors (Lipinski definition) is 1. The lowest BCUT2D eigenvalue weighted by Crippen LogP contribution is -2.34. The number of fused-ring (bicyclic) bond motifs is 1. The Bertz CT molecular complexity index is 1170. The van der Waals surface area contributed by atoms with Gasteiger partial charge in [0, 0.05) is 49.3 Å². The third-order valence-electron chi connectivity index (χ3n) is 6.53. The van der Waals surface area contributed by atoms with Crippen molar-refractivity contribution in [1.29, 1.82) is 0 Å². The second-order valence-corrected chi connectivity index (χ2v) is 9.18. The van der Waals surface area contributed by atoms with E-state index in [1.807, 2.05) is 6.92 Å². The van der Waals surface area contributed by atoms with Crippen LogP contribution in [0.25, 0.3) is 5.65 Å². The quantitative estimate of drug-likeness (QED) is 0.488. The molecule has 180 valence electrons. The first-order valence-electron chi connectivity index (χ1n) is 12.1. The van der Waals surface area contributed by atoms with Crippen LogP contribution in [0, 0.1) is 13.8 Å². The molecule has 1 aliphatic rings. The fourth-order valence-electron chi connectivity index (χ4n) is 4.86. The molecule has 0 spiro atoms. The fourth-order valence-corrected chi connectivity index (χ4v) is 4.86. The van der Waals surface area contributed by atoms with Crippen molar-refractivity contribution < 1.29 is 9.53 Å². The van der Waals surface area contributed by atoms with Gasteiger partial charge < -0.3 is 10.1 Å². The minimum atomic E-state index is -0.0153. The highest BCUT2D eigenvalue weighted by atomic mass is 16.5. The van der Waals surface area contributed by atoms with Crippen molar-refractivity contribution in [2.75, 3.05) is 26.7 Å². The Labute approximate surface area is 201 Å². The minimum Gasteiger partial charge on any atom is -0.481 e. The van der Waals surface area contributed by atoms with E-state index in [4.69, 9.17) is 14.8 Å². The lowest BCUT2D eigenvalue weighted by molar-refractivity contribution is -0.120. The highest BCUT2D eigenvalue weighted by molar-refractivity contribution is 5.76. The molecule has 4 rings (SSSR count). The summed E-state index contributed by atoms with van der Waals surface area (Å²) in [5, 5.41) is 7.75. The SMILES string of the molecule is C=CCNC(=O)CCc1c(C)nc2cc([C@@H]3CCCN(Cc4cccc(C)c4)C3)nn2c1OC. The van der Waals surface area contributed by atoms with Crippen LogP contribution in [-0.2, 0) is 17.8 Å². The predicted molar refractivity (Wildman–Crippen MR) is 134 cm³/mol. The van der Waals surface area contributed by atoms with E-state index in [2.05, 4.69) is 54.1 Å². The van der Waals surface area contributed by atoms with Gasteiger partial charge in [-0.3, -0.25) is 9.69 Å². The fraction of sp³-hybridized carbons (Fsp3) is 0.444. The van der Waals surface area contributed by atoms with E-state index in [0.717, 1.165) is 55.1 Å². The number of carbonyl (C=O) groups is 1. The Morgan fingerprint density at radius 3 is 2.94 bits per heavy atom. The second-order valence-electron chi connectivity index (χ2n) is 9.18. The van der Waals surface area contributed by atoms with Crippen LogP contribution < -0.4 is 10.1 Å². The number of hydrogen-bond acceptors (Lipinski definition) is 5. The Balaban J connectivity index is 1.53. The van der Waals surface area contributed by atoms with Crippen molar-refractivity contribution in [1.82, 2.24) is 24.8 Å². The summed E-state index contributed by atoms with van der Waals surface area (Å²) in [7, 11) is 1.65. The number of ether oxygens (including phenoxy) is 1. The number of aryl methyl sites for hydroxylation is 2. The number of amides is 1. The van der Waals surface area contributed by atoms with Crippen LogP contribution in [0.2, 0.25) is 0 Å². The summed E-state index contributed by atoms with van der Waals surface area (Å²) in [6.07, 6.45) is 4.85. The number of methoxy groups -OCH3 is 1. The summed E-state index contributed by atoms with van der Waals surface area (Å²) in [6.45, 7) is 11.3. The van der Waals surface area contributed by atoms with Crippen molar-refractivity contribution in [2.45, 2.75) is 52.0 Å². The Hall–Kier alpha value is -3.19. The molecule has 0 unspecified atom stereocenters. The van der Waals surface area contributed by atoms with Crippen LogP contribution in [0.4, 0.5) is 0 Å². The van der Waals surface area contributed by atoms with E-state index in [1.165, 1.54) is 11.1 Å². The smallest absolute Gasteiger partial charge is 0.221 e.